The number of esters is 1. The minimum absolute atomic E-state index is 0.100. The van der Waals surface area contributed by atoms with Gasteiger partial charge in [-0.1, -0.05) is 43.3 Å². The molecule has 0 unspecified atom stereocenters. The molecule has 0 saturated heterocycles. The van der Waals surface area contributed by atoms with E-state index in [9.17, 15) is 9.59 Å². The van der Waals surface area contributed by atoms with Crippen molar-refractivity contribution in [2.45, 2.75) is 58.3 Å². The second-order valence-electron chi connectivity index (χ2n) is 7.45. The van der Waals surface area contributed by atoms with Crippen LogP contribution >= 0.6 is 11.8 Å². The smallest absolute Gasteiger partial charge is 0.305 e. The molecule has 0 spiro atoms. The highest BCUT2D eigenvalue weighted by atomic mass is 32.2. The minimum Gasteiger partial charge on any atom is -0.469 e. The Morgan fingerprint density at radius 3 is 2.63 bits per heavy atom. The van der Waals surface area contributed by atoms with Gasteiger partial charge in [0.15, 0.2) is 0 Å². The highest BCUT2D eigenvalue weighted by Gasteiger charge is 2.18. The molecule has 0 aliphatic heterocycles. The summed E-state index contributed by atoms with van der Waals surface area (Å²) in [6.45, 7) is 2.89. The van der Waals surface area contributed by atoms with Gasteiger partial charge in [0.1, 0.15) is 5.78 Å². The van der Waals surface area contributed by atoms with Crippen LogP contribution in [0.25, 0.3) is 0 Å². The fourth-order valence-corrected chi connectivity index (χ4v) is 3.91. The summed E-state index contributed by atoms with van der Waals surface area (Å²) in [7, 11) is 3.16. The predicted octanol–water partition coefficient (Wildman–Crippen LogP) is 5.43. The Bertz CT molecular complexity index is 642. The van der Waals surface area contributed by atoms with Crippen LogP contribution in [0, 0.1) is 5.92 Å². The molecule has 1 aliphatic carbocycles. The van der Waals surface area contributed by atoms with Crippen molar-refractivity contribution in [2.24, 2.45) is 5.92 Å². The maximum absolute atomic E-state index is 11.2. The Morgan fingerprint density at radius 2 is 2.00 bits per heavy atom. The number of Topliss-reactive ketones (excluding diaryl/α,β-unsaturated/α-hetero) is 1. The molecule has 0 N–H and O–H groups in total. The fourth-order valence-electron chi connectivity index (χ4n) is 3.27. The number of carbonyl (C=O) groups is 2. The van der Waals surface area contributed by atoms with Gasteiger partial charge in [0, 0.05) is 26.4 Å². The Hall–Kier alpha value is -1.59. The van der Waals surface area contributed by atoms with Gasteiger partial charge in [-0.05, 0) is 60.7 Å². The molecule has 1 fully saturated rings. The average molecular weight is 435 g/mol. The number of hydrogen-bond acceptors (Lipinski definition) is 5. The highest BCUT2D eigenvalue weighted by molar-refractivity contribution is 7.99. The first-order valence-corrected chi connectivity index (χ1v) is 12.1. The van der Waals surface area contributed by atoms with Crippen LogP contribution in [0.1, 0.15) is 56.6 Å². The van der Waals surface area contributed by atoms with Crippen molar-refractivity contribution in [2.75, 3.05) is 32.3 Å². The molecule has 1 atom stereocenters. The molecule has 0 bridgehead atoms. The summed E-state index contributed by atoms with van der Waals surface area (Å²) < 4.78 is 9.59. The molecule has 1 aromatic rings. The van der Waals surface area contributed by atoms with E-state index < -0.39 is 0 Å². The van der Waals surface area contributed by atoms with Crippen molar-refractivity contribution in [1.29, 1.82) is 0 Å². The van der Waals surface area contributed by atoms with E-state index >= 15 is 0 Å². The molecule has 30 heavy (non-hydrogen) atoms. The maximum Gasteiger partial charge on any atom is 0.305 e. The molecule has 1 aliphatic rings. The van der Waals surface area contributed by atoms with Crippen molar-refractivity contribution in [3.05, 3.63) is 47.5 Å². The Kier molecular flexibility index (Phi) is 15.1. The van der Waals surface area contributed by atoms with E-state index in [1.807, 2.05) is 11.8 Å². The van der Waals surface area contributed by atoms with Crippen LogP contribution in [-0.2, 0) is 31.9 Å². The first-order chi connectivity index (χ1) is 14.6. The number of ether oxygens (including phenoxy) is 2. The number of ketones is 1. The van der Waals surface area contributed by atoms with Gasteiger partial charge in [-0.25, -0.2) is 0 Å². The Labute approximate surface area is 186 Å². The van der Waals surface area contributed by atoms with Crippen molar-refractivity contribution >= 4 is 23.5 Å². The van der Waals surface area contributed by atoms with Crippen molar-refractivity contribution in [1.82, 2.24) is 0 Å². The molecule has 0 radical (unpaired) electrons. The lowest BCUT2D eigenvalue weighted by molar-refractivity contribution is -0.140. The van der Waals surface area contributed by atoms with Gasteiger partial charge >= 0.3 is 5.97 Å². The number of carbonyl (C=O) groups excluding carboxylic acids is 2. The number of thioether (sulfide) groups is 1. The van der Waals surface area contributed by atoms with Crippen LogP contribution in [0.2, 0.25) is 0 Å². The lowest BCUT2D eigenvalue weighted by Gasteiger charge is -2.04. The summed E-state index contributed by atoms with van der Waals surface area (Å²) in [5.41, 5.74) is 2.72. The number of rotatable bonds is 12. The van der Waals surface area contributed by atoms with E-state index in [4.69, 9.17) is 4.74 Å². The summed E-state index contributed by atoms with van der Waals surface area (Å²) in [6, 6.07) is 8.73. The molecule has 0 aromatic heterocycles. The van der Waals surface area contributed by atoms with Gasteiger partial charge in [-0.2, -0.15) is 11.8 Å². The number of allylic oxidation sites excluding steroid dienone is 2. The quantitative estimate of drug-likeness (QED) is 0.250. The first kappa shape index (κ1) is 26.4. The summed E-state index contributed by atoms with van der Waals surface area (Å²) in [5.74, 6) is 3.00. The lowest BCUT2D eigenvalue weighted by Crippen LogP contribution is -1.99. The van der Waals surface area contributed by atoms with Gasteiger partial charge in [-0.15, -0.1) is 0 Å². The third-order valence-electron chi connectivity index (χ3n) is 4.98. The van der Waals surface area contributed by atoms with Crippen LogP contribution in [0.15, 0.2) is 36.4 Å². The summed E-state index contributed by atoms with van der Waals surface area (Å²) in [6.07, 6.45) is 11.6. The standard InChI is InChI=1S/C18H24O2.C7H14O2S/c1-20-12-11-17-8-4-7-15(13-17)5-2-3-6-16-9-10-18(19)14-16;1-3-10-6-4-5-7(8)9-2/h3-4,6-8,13,16H,2,5,9-12,14H2,1H3;3-6H2,1-2H3/b6-3+;/t16-;/m0./s1. The van der Waals surface area contributed by atoms with Crippen molar-refractivity contribution in [3.8, 4) is 0 Å². The maximum atomic E-state index is 11.2. The summed E-state index contributed by atoms with van der Waals surface area (Å²) in [4.78, 5) is 21.7. The molecule has 0 amide bonds. The molecule has 2 rings (SSSR count). The topological polar surface area (TPSA) is 52.6 Å². The number of methoxy groups -OCH3 is 2. The third kappa shape index (κ3) is 12.9. The zero-order valence-corrected chi connectivity index (χ0v) is 19.7. The normalized spacial score (nSPS) is 15.8. The SMILES string of the molecule is CCSCCCC(=O)OC.COCCc1cccc(CC/C=C/[C@H]2CCC(=O)C2)c1. The Morgan fingerprint density at radius 1 is 1.23 bits per heavy atom. The number of hydrogen-bond donors (Lipinski definition) is 0. The van der Waals surface area contributed by atoms with Crippen LogP contribution < -0.4 is 0 Å². The van der Waals surface area contributed by atoms with E-state index in [0.29, 0.717) is 18.1 Å². The molecule has 5 heteroatoms. The monoisotopic (exact) mass is 434 g/mol. The minimum atomic E-state index is -0.100. The predicted molar refractivity (Wildman–Crippen MR) is 126 cm³/mol. The van der Waals surface area contributed by atoms with Gasteiger partial charge in [0.05, 0.1) is 13.7 Å². The molecule has 0 heterocycles. The highest BCUT2D eigenvalue weighted by Crippen LogP contribution is 2.23. The second kappa shape index (κ2) is 17.1. The summed E-state index contributed by atoms with van der Waals surface area (Å²) in [5, 5.41) is 0. The van der Waals surface area contributed by atoms with Gasteiger partial charge in [0.2, 0.25) is 0 Å². The number of benzene rings is 1. The van der Waals surface area contributed by atoms with Gasteiger partial charge < -0.3 is 9.47 Å². The molecule has 1 aromatic carbocycles. The lowest BCUT2D eigenvalue weighted by atomic mass is 10.0. The molecular weight excluding hydrogens is 396 g/mol. The van der Waals surface area contributed by atoms with Gasteiger partial charge in [0.25, 0.3) is 0 Å². The van der Waals surface area contributed by atoms with E-state index in [2.05, 4.69) is 48.1 Å². The fraction of sp³-hybridized carbons (Fsp3) is 0.600. The average Bonchev–Trinajstić information content (AvgIpc) is 3.18. The molecular formula is C25H38O4S. The zero-order chi connectivity index (χ0) is 22.0. The first-order valence-electron chi connectivity index (χ1n) is 11.0. The van der Waals surface area contributed by atoms with Crippen molar-refractivity contribution < 1.29 is 19.1 Å². The van der Waals surface area contributed by atoms with E-state index in [1.54, 1.807) is 7.11 Å². The van der Waals surface area contributed by atoms with E-state index in [-0.39, 0.29) is 5.97 Å². The molecule has 1 saturated carbocycles. The summed E-state index contributed by atoms with van der Waals surface area (Å²) >= 11 is 1.85. The molecule has 4 nitrogen and oxygen atoms in total. The number of aryl methyl sites for hydroxylation is 1. The van der Waals surface area contributed by atoms with Crippen LogP contribution in [0.3, 0.4) is 0 Å². The largest absolute Gasteiger partial charge is 0.469 e. The van der Waals surface area contributed by atoms with Crippen LogP contribution in [0.5, 0.6) is 0 Å². The van der Waals surface area contributed by atoms with Crippen LogP contribution in [0.4, 0.5) is 0 Å². The second-order valence-corrected chi connectivity index (χ2v) is 8.84. The molecule has 168 valence electrons. The Balaban J connectivity index is 0.000000382. The third-order valence-corrected chi connectivity index (χ3v) is 5.96. The van der Waals surface area contributed by atoms with E-state index in [1.165, 1.54) is 18.2 Å². The van der Waals surface area contributed by atoms with Crippen molar-refractivity contribution in [3.63, 3.8) is 0 Å². The van der Waals surface area contributed by atoms with E-state index in [0.717, 1.165) is 63.1 Å². The zero-order valence-electron chi connectivity index (χ0n) is 18.9. The van der Waals surface area contributed by atoms with Crippen LogP contribution in [-0.4, -0.2) is 44.1 Å². The van der Waals surface area contributed by atoms with Gasteiger partial charge in [-0.3, -0.25) is 9.59 Å².